The first-order valence-corrected chi connectivity index (χ1v) is 21.0. The first-order valence-electron chi connectivity index (χ1n) is 21.0. The van der Waals surface area contributed by atoms with Gasteiger partial charge in [-0.05, 0) is 80.5 Å². The molecule has 360 valence electrons. The molecule has 0 saturated heterocycles. The number of hydrogen-bond donors (Lipinski definition) is 6. The van der Waals surface area contributed by atoms with E-state index in [2.05, 4.69) is 31.9 Å². The van der Waals surface area contributed by atoms with Crippen LogP contribution in [0, 0.1) is 0 Å². The first-order chi connectivity index (χ1) is 29.6. The van der Waals surface area contributed by atoms with Gasteiger partial charge in [-0.2, -0.15) is 0 Å². The molecule has 0 unspecified atom stereocenters. The summed E-state index contributed by atoms with van der Waals surface area (Å²) in [7, 11) is 0. The second kappa shape index (κ2) is 31.1. The first kappa shape index (κ1) is 56.2. The van der Waals surface area contributed by atoms with E-state index in [0.29, 0.717) is 0 Å². The molecule has 1 aromatic rings. The van der Waals surface area contributed by atoms with Crippen molar-refractivity contribution in [3.05, 3.63) is 34.9 Å². The summed E-state index contributed by atoms with van der Waals surface area (Å²) < 4.78 is 48.3. The molecule has 0 saturated carbocycles. The predicted molar refractivity (Wildman–Crippen MR) is 231 cm³/mol. The van der Waals surface area contributed by atoms with Crippen LogP contribution >= 0.6 is 0 Å². The highest BCUT2D eigenvalue weighted by atomic mass is 16.6. The van der Waals surface area contributed by atoms with Gasteiger partial charge in [0.25, 0.3) is 17.7 Å². The molecular weight excluding hydrogens is 828 g/mol. The van der Waals surface area contributed by atoms with Crippen LogP contribution in [-0.2, 0) is 42.6 Å². The molecule has 1 aromatic carbocycles. The number of rotatable bonds is 30. The Labute approximate surface area is 371 Å². The fourth-order valence-corrected chi connectivity index (χ4v) is 4.62. The molecule has 0 spiro atoms. The lowest BCUT2D eigenvalue weighted by Crippen LogP contribution is -2.34. The largest absolute Gasteiger partial charge is 0.444 e. The quantitative estimate of drug-likeness (QED) is 0.0479. The Hall–Kier alpha value is -4.80. The van der Waals surface area contributed by atoms with Gasteiger partial charge in [-0.1, -0.05) is 0 Å². The summed E-state index contributed by atoms with van der Waals surface area (Å²) in [5, 5.41) is 16.0. The van der Waals surface area contributed by atoms with Crippen molar-refractivity contribution in [3.8, 4) is 0 Å². The zero-order valence-electron chi connectivity index (χ0n) is 38.6. The van der Waals surface area contributed by atoms with E-state index in [4.69, 9.17) is 42.6 Å². The molecule has 0 aromatic heterocycles. The lowest BCUT2D eigenvalue weighted by atomic mass is 10.0. The van der Waals surface area contributed by atoms with Crippen LogP contribution in [0.1, 0.15) is 93.4 Å². The minimum atomic E-state index is -0.593. The summed E-state index contributed by atoms with van der Waals surface area (Å²) >= 11 is 0. The van der Waals surface area contributed by atoms with E-state index in [1.807, 2.05) is 0 Å². The molecular formula is C42H72N6O15. The van der Waals surface area contributed by atoms with Crippen molar-refractivity contribution in [2.24, 2.45) is 0 Å². The maximum Gasteiger partial charge on any atom is 0.407 e. The van der Waals surface area contributed by atoms with Gasteiger partial charge in [-0.25, -0.2) is 14.4 Å². The number of benzene rings is 1. The topological polar surface area (TPSA) is 258 Å². The fraction of sp³-hybridized carbons (Fsp3) is 0.714. The number of alkyl carbamates (subject to hydrolysis) is 3. The smallest absolute Gasteiger partial charge is 0.407 e. The van der Waals surface area contributed by atoms with Crippen molar-refractivity contribution in [1.29, 1.82) is 0 Å². The Morgan fingerprint density at radius 2 is 0.524 bits per heavy atom. The van der Waals surface area contributed by atoms with Crippen LogP contribution in [0.4, 0.5) is 14.4 Å². The highest BCUT2D eigenvalue weighted by molar-refractivity contribution is 6.04. The van der Waals surface area contributed by atoms with Gasteiger partial charge in [0.1, 0.15) is 16.8 Å². The zero-order valence-corrected chi connectivity index (χ0v) is 38.6. The van der Waals surface area contributed by atoms with Crippen LogP contribution in [0.5, 0.6) is 0 Å². The van der Waals surface area contributed by atoms with E-state index >= 15 is 0 Å². The minimum Gasteiger partial charge on any atom is -0.444 e. The normalized spacial score (nSPS) is 11.6. The van der Waals surface area contributed by atoms with Gasteiger partial charge >= 0.3 is 18.3 Å². The third kappa shape index (κ3) is 32.5. The van der Waals surface area contributed by atoms with E-state index in [0.717, 1.165) is 0 Å². The SMILES string of the molecule is CC(C)(C)OC(=O)NCCOCCOCCNC(=O)c1cc(C(=O)NCCOCCOCCNC(=O)OC(C)(C)C)cc(C(=O)NCCOCCOCCNC(=O)OC(C)(C)C)c1. The maximum absolute atomic E-state index is 13.2. The maximum atomic E-state index is 13.2. The van der Waals surface area contributed by atoms with E-state index in [-0.39, 0.29) is 135 Å². The zero-order chi connectivity index (χ0) is 47.2. The van der Waals surface area contributed by atoms with Gasteiger partial charge in [-0.15, -0.1) is 0 Å². The number of hydrogen-bond acceptors (Lipinski definition) is 15. The van der Waals surface area contributed by atoms with E-state index in [9.17, 15) is 28.8 Å². The van der Waals surface area contributed by atoms with Crippen LogP contribution in [0.15, 0.2) is 18.2 Å². The lowest BCUT2D eigenvalue weighted by Gasteiger charge is -2.19. The number of nitrogens with one attached hydrogen (secondary N) is 6. The average molecular weight is 901 g/mol. The summed E-state index contributed by atoms with van der Waals surface area (Å²) in [6, 6.07) is 4.15. The van der Waals surface area contributed by atoms with E-state index in [1.165, 1.54) is 18.2 Å². The molecule has 0 radical (unpaired) electrons. The molecule has 1 rings (SSSR count). The molecule has 63 heavy (non-hydrogen) atoms. The van der Waals surface area contributed by atoms with Crippen LogP contribution in [0.3, 0.4) is 0 Å². The van der Waals surface area contributed by atoms with Crippen LogP contribution in [0.2, 0.25) is 0 Å². The highest BCUT2D eigenvalue weighted by Gasteiger charge is 2.19. The summed E-state index contributed by atoms with van der Waals surface area (Å²) in [5.74, 6) is -1.58. The molecule has 0 aliphatic heterocycles. The van der Waals surface area contributed by atoms with E-state index < -0.39 is 52.8 Å². The Kier molecular flexibility index (Phi) is 27.8. The van der Waals surface area contributed by atoms with Crippen LogP contribution < -0.4 is 31.9 Å². The number of amides is 6. The standard InChI is InChI=1S/C42H72N6O15/c1-40(2,3)61-37(52)46-13-19-58-25-22-55-16-10-43-34(49)31-28-32(35(50)44-11-17-56-23-26-59-20-14-47-38(53)62-41(4,5)6)30-33(29-31)36(51)45-12-18-57-24-27-60-21-15-48-39(54)63-42(7,8)9/h28-30H,10-27H2,1-9H3,(H,43,49)(H,44,50)(H,45,51)(H,46,52)(H,47,53)(H,48,54). The van der Waals surface area contributed by atoms with Crippen molar-refractivity contribution in [2.45, 2.75) is 79.1 Å². The van der Waals surface area contributed by atoms with Crippen molar-refractivity contribution in [1.82, 2.24) is 31.9 Å². The third-order valence-electron chi connectivity index (χ3n) is 7.18. The molecule has 21 heteroatoms. The van der Waals surface area contributed by atoms with Gasteiger partial charge in [0.05, 0.1) is 79.3 Å². The van der Waals surface area contributed by atoms with Gasteiger partial charge in [0, 0.05) is 56.0 Å². The molecule has 0 heterocycles. The second-order valence-corrected chi connectivity index (χ2v) is 16.5. The molecule has 0 atom stereocenters. The molecule has 0 aliphatic rings. The number of carbonyl (C=O) groups is 6. The molecule has 6 N–H and O–H groups in total. The number of carbonyl (C=O) groups excluding carboxylic acids is 6. The van der Waals surface area contributed by atoms with Gasteiger partial charge in [-0.3, -0.25) is 14.4 Å². The summed E-state index contributed by atoms with van der Waals surface area (Å²) in [6.45, 7) is 20.0. The monoisotopic (exact) mass is 901 g/mol. The van der Waals surface area contributed by atoms with Crippen molar-refractivity contribution < 1.29 is 71.4 Å². The Bertz CT molecular complexity index is 1340. The predicted octanol–water partition coefficient (Wildman–Crippen LogP) is 2.55. The summed E-state index contributed by atoms with van der Waals surface area (Å²) in [4.78, 5) is 74.5. The summed E-state index contributed by atoms with van der Waals surface area (Å²) in [6.07, 6.45) is -1.59. The lowest BCUT2D eigenvalue weighted by molar-refractivity contribution is 0.0396. The van der Waals surface area contributed by atoms with Gasteiger partial charge < -0.3 is 74.5 Å². The van der Waals surface area contributed by atoms with E-state index in [1.54, 1.807) is 62.3 Å². The van der Waals surface area contributed by atoms with Crippen molar-refractivity contribution >= 4 is 36.0 Å². The average Bonchev–Trinajstić information content (AvgIpc) is 3.17. The van der Waals surface area contributed by atoms with Crippen LogP contribution in [0.25, 0.3) is 0 Å². The van der Waals surface area contributed by atoms with Gasteiger partial charge in [0.2, 0.25) is 0 Å². The molecule has 0 aliphatic carbocycles. The minimum absolute atomic E-state index is 0.0812. The van der Waals surface area contributed by atoms with Crippen molar-refractivity contribution in [2.75, 3.05) is 119 Å². The van der Waals surface area contributed by atoms with Crippen molar-refractivity contribution in [3.63, 3.8) is 0 Å². The van der Waals surface area contributed by atoms with Crippen LogP contribution in [-0.4, -0.2) is 171 Å². The third-order valence-corrected chi connectivity index (χ3v) is 7.18. The van der Waals surface area contributed by atoms with Gasteiger partial charge in [0.15, 0.2) is 0 Å². The number of ether oxygens (including phenoxy) is 9. The molecule has 21 nitrogen and oxygen atoms in total. The molecule has 6 amide bonds. The second-order valence-electron chi connectivity index (χ2n) is 16.5. The fourth-order valence-electron chi connectivity index (χ4n) is 4.62. The highest BCUT2D eigenvalue weighted by Crippen LogP contribution is 2.12. The Morgan fingerprint density at radius 3 is 0.714 bits per heavy atom. The molecule has 0 bridgehead atoms. The molecule has 0 fully saturated rings. The summed E-state index contributed by atoms with van der Waals surface area (Å²) in [5.41, 5.74) is -1.53. The Morgan fingerprint density at radius 1 is 0.333 bits per heavy atom. The Balaban J connectivity index is 2.58.